The first kappa shape index (κ1) is 10.7. The Hall–Kier alpha value is -0.310. The highest BCUT2D eigenvalue weighted by molar-refractivity contribution is 7.48. The molecule has 0 aromatic heterocycles. The van der Waals surface area contributed by atoms with Crippen LogP contribution in [-0.2, 0) is 18.1 Å². The third-order valence-corrected chi connectivity index (χ3v) is 2.33. The minimum atomic E-state index is -3.34. The normalized spacial score (nSPS) is 11.1. The van der Waals surface area contributed by atoms with Crippen molar-refractivity contribution in [3.8, 4) is 0 Å². The molecule has 0 aromatic carbocycles. The number of hydrogen-bond acceptors (Lipinski definition) is 4. The van der Waals surface area contributed by atoms with Crippen LogP contribution in [0.1, 0.15) is 13.8 Å². The number of hydrogen-bond donors (Lipinski definition) is 0. The summed E-state index contributed by atoms with van der Waals surface area (Å²) in [5, 5.41) is 0. The Labute approximate surface area is 66.8 Å². The van der Waals surface area contributed by atoms with Gasteiger partial charge in [0.2, 0.25) is 0 Å². The van der Waals surface area contributed by atoms with E-state index in [1.54, 1.807) is 13.8 Å². The van der Waals surface area contributed by atoms with E-state index >= 15 is 0 Å². The molecule has 0 heterocycles. The molecule has 0 spiro atoms. The maximum atomic E-state index is 11.3. The van der Waals surface area contributed by atoms with E-state index in [9.17, 15) is 4.57 Å². The average molecular weight is 180 g/mol. The van der Waals surface area contributed by atoms with Gasteiger partial charge in [-0.2, -0.15) is 0 Å². The molecule has 0 atom stereocenters. The molecule has 0 amide bonds. The van der Waals surface area contributed by atoms with E-state index in [2.05, 4.69) is 11.1 Å². The van der Waals surface area contributed by atoms with Gasteiger partial charge in [-0.25, -0.2) is 4.57 Å². The summed E-state index contributed by atoms with van der Waals surface area (Å²) < 4.78 is 25.4. The second kappa shape index (κ2) is 5.35. The molecule has 0 aliphatic heterocycles. The predicted molar refractivity (Wildman–Crippen MR) is 42.1 cm³/mol. The van der Waals surface area contributed by atoms with Gasteiger partial charge in [0, 0.05) is 0 Å². The smallest absolute Gasteiger partial charge is 0.413 e. The predicted octanol–water partition coefficient (Wildman–Crippen LogP) is 2.33. The van der Waals surface area contributed by atoms with Gasteiger partial charge in [0.25, 0.3) is 0 Å². The lowest BCUT2D eigenvalue weighted by Crippen LogP contribution is -1.96. The fourth-order valence-corrected chi connectivity index (χ4v) is 1.52. The summed E-state index contributed by atoms with van der Waals surface area (Å²) in [6, 6.07) is 0. The quantitative estimate of drug-likeness (QED) is 0.464. The largest absolute Gasteiger partial charge is 0.529 e. The first-order valence-electron chi connectivity index (χ1n) is 3.37. The zero-order chi connectivity index (χ0) is 8.74. The van der Waals surface area contributed by atoms with Gasteiger partial charge >= 0.3 is 7.82 Å². The zero-order valence-electron chi connectivity index (χ0n) is 6.78. The van der Waals surface area contributed by atoms with E-state index in [1.165, 1.54) is 0 Å². The molecule has 0 aliphatic rings. The fourth-order valence-electron chi connectivity index (χ4n) is 0.506. The number of phosphoric ester groups is 1. The van der Waals surface area contributed by atoms with Gasteiger partial charge in [0.1, 0.15) is 0 Å². The highest BCUT2D eigenvalue weighted by Crippen LogP contribution is 2.49. The van der Waals surface area contributed by atoms with Gasteiger partial charge in [0.05, 0.1) is 19.5 Å². The third kappa shape index (κ3) is 4.19. The van der Waals surface area contributed by atoms with Crippen molar-refractivity contribution in [2.75, 3.05) is 13.2 Å². The summed E-state index contributed by atoms with van der Waals surface area (Å²) in [6.07, 6.45) is 1.05. The van der Waals surface area contributed by atoms with E-state index in [1.807, 2.05) is 0 Å². The van der Waals surface area contributed by atoms with Crippen molar-refractivity contribution in [2.45, 2.75) is 13.8 Å². The second-order valence-corrected chi connectivity index (χ2v) is 3.18. The zero-order valence-corrected chi connectivity index (χ0v) is 7.67. The van der Waals surface area contributed by atoms with Gasteiger partial charge in [-0.1, -0.05) is 6.58 Å². The first-order valence-corrected chi connectivity index (χ1v) is 4.83. The van der Waals surface area contributed by atoms with Crippen LogP contribution >= 0.6 is 7.82 Å². The Bertz CT molecular complexity index is 147. The lowest BCUT2D eigenvalue weighted by Gasteiger charge is -2.13. The first-order chi connectivity index (χ1) is 5.18. The van der Waals surface area contributed by atoms with Gasteiger partial charge < -0.3 is 4.52 Å². The molecule has 5 heteroatoms. The Morgan fingerprint density at radius 2 is 1.82 bits per heavy atom. The Balaban J connectivity index is 4.01. The van der Waals surface area contributed by atoms with Crippen LogP contribution in [0.3, 0.4) is 0 Å². The Morgan fingerprint density at radius 1 is 1.36 bits per heavy atom. The van der Waals surface area contributed by atoms with Crippen molar-refractivity contribution in [3.63, 3.8) is 0 Å². The third-order valence-electron chi connectivity index (χ3n) is 0.778. The molecular weight excluding hydrogens is 167 g/mol. The Kier molecular flexibility index (Phi) is 5.20. The summed E-state index contributed by atoms with van der Waals surface area (Å²) in [7, 11) is -3.34. The molecule has 0 bridgehead atoms. The van der Waals surface area contributed by atoms with Crippen LogP contribution < -0.4 is 0 Å². The minimum Gasteiger partial charge on any atom is -0.413 e. The van der Waals surface area contributed by atoms with Crippen LogP contribution in [0.15, 0.2) is 12.8 Å². The van der Waals surface area contributed by atoms with Crippen molar-refractivity contribution in [2.24, 2.45) is 0 Å². The van der Waals surface area contributed by atoms with Crippen LogP contribution in [0, 0.1) is 0 Å². The summed E-state index contributed by atoms with van der Waals surface area (Å²) in [5.74, 6) is 0. The second-order valence-electron chi connectivity index (χ2n) is 1.55. The Morgan fingerprint density at radius 3 is 2.09 bits per heavy atom. The summed E-state index contributed by atoms with van der Waals surface area (Å²) in [6.45, 7) is 7.23. The number of rotatable bonds is 6. The van der Waals surface area contributed by atoms with E-state index in [0.717, 1.165) is 6.26 Å². The minimum absolute atomic E-state index is 0.283. The SMILES string of the molecule is C=COP(=O)(OCC)OCC. The molecule has 66 valence electrons. The van der Waals surface area contributed by atoms with Crippen molar-refractivity contribution in [1.29, 1.82) is 0 Å². The maximum absolute atomic E-state index is 11.3. The molecule has 0 saturated carbocycles. The van der Waals surface area contributed by atoms with Gasteiger partial charge in [0.15, 0.2) is 0 Å². The van der Waals surface area contributed by atoms with Crippen LogP contribution in [0.2, 0.25) is 0 Å². The molecule has 4 nitrogen and oxygen atoms in total. The molecule has 0 rings (SSSR count). The fraction of sp³-hybridized carbons (Fsp3) is 0.667. The van der Waals surface area contributed by atoms with Crippen molar-refractivity contribution < 1.29 is 18.1 Å². The number of phosphoric acid groups is 1. The van der Waals surface area contributed by atoms with Crippen molar-refractivity contribution in [1.82, 2.24) is 0 Å². The molecular formula is C6H13O4P. The average Bonchev–Trinajstić information content (AvgIpc) is 1.88. The molecule has 0 N–H and O–H groups in total. The van der Waals surface area contributed by atoms with Crippen LogP contribution in [-0.4, -0.2) is 13.2 Å². The van der Waals surface area contributed by atoms with Gasteiger partial charge in [-0.15, -0.1) is 0 Å². The van der Waals surface area contributed by atoms with E-state index in [0.29, 0.717) is 0 Å². The standard InChI is InChI=1S/C6H13O4P/c1-4-8-11(7,9-5-2)10-6-3/h4H,1,5-6H2,2-3H3. The molecule has 0 fully saturated rings. The van der Waals surface area contributed by atoms with Gasteiger partial charge in [-0.3, -0.25) is 9.05 Å². The summed E-state index contributed by atoms with van der Waals surface area (Å²) in [4.78, 5) is 0. The lowest BCUT2D eigenvalue weighted by molar-refractivity contribution is 0.154. The van der Waals surface area contributed by atoms with Crippen molar-refractivity contribution in [3.05, 3.63) is 12.8 Å². The van der Waals surface area contributed by atoms with Gasteiger partial charge in [-0.05, 0) is 13.8 Å². The van der Waals surface area contributed by atoms with Crippen molar-refractivity contribution >= 4 is 7.82 Å². The molecule has 0 unspecified atom stereocenters. The van der Waals surface area contributed by atoms with Crippen LogP contribution in [0.25, 0.3) is 0 Å². The monoisotopic (exact) mass is 180 g/mol. The van der Waals surface area contributed by atoms with E-state index in [-0.39, 0.29) is 13.2 Å². The summed E-state index contributed by atoms with van der Waals surface area (Å²) >= 11 is 0. The molecule has 0 aromatic rings. The topological polar surface area (TPSA) is 44.8 Å². The highest BCUT2D eigenvalue weighted by Gasteiger charge is 2.24. The van der Waals surface area contributed by atoms with Crippen LogP contribution in [0.5, 0.6) is 0 Å². The lowest BCUT2D eigenvalue weighted by atomic mass is 10.9. The maximum Gasteiger partial charge on any atom is 0.529 e. The highest BCUT2D eigenvalue weighted by atomic mass is 31.2. The van der Waals surface area contributed by atoms with Crippen LogP contribution in [0.4, 0.5) is 0 Å². The molecule has 0 saturated heterocycles. The van der Waals surface area contributed by atoms with E-state index < -0.39 is 7.82 Å². The molecule has 0 radical (unpaired) electrons. The van der Waals surface area contributed by atoms with E-state index in [4.69, 9.17) is 9.05 Å². The molecule has 0 aliphatic carbocycles. The molecule has 11 heavy (non-hydrogen) atoms. The summed E-state index contributed by atoms with van der Waals surface area (Å²) in [5.41, 5.74) is 0.